The van der Waals surface area contributed by atoms with Crippen LogP contribution in [0.2, 0.25) is 0 Å². The molecule has 1 atom stereocenters. The van der Waals surface area contributed by atoms with E-state index in [0.29, 0.717) is 0 Å². The van der Waals surface area contributed by atoms with Gasteiger partial charge in [0.05, 0.1) is 24.9 Å². The molecule has 0 aromatic carbocycles. The molecular formula is C13H22N2O2. The second-order valence-corrected chi connectivity index (χ2v) is 4.11. The highest BCUT2D eigenvalue weighted by atomic mass is 16.5. The number of rotatable bonds is 6. The summed E-state index contributed by atoms with van der Waals surface area (Å²) in [4.78, 5) is 4.13. The lowest BCUT2D eigenvalue weighted by atomic mass is 9.85. The van der Waals surface area contributed by atoms with Crippen molar-refractivity contribution in [2.24, 2.45) is 5.73 Å². The summed E-state index contributed by atoms with van der Waals surface area (Å²) in [7, 11) is 3.33. The summed E-state index contributed by atoms with van der Waals surface area (Å²) in [6.07, 6.45) is 5.16. The Balaban J connectivity index is 3.04. The molecular weight excluding hydrogens is 216 g/mol. The van der Waals surface area contributed by atoms with Crippen molar-refractivity contribution >= 4 is 0 Å². The van der Waals surface area contributed by atoms with E-state index in [1.807, 2.05) is 6.07 Å². The lowest BCUT2D eigenvalue weighted by Gasteiger charge is -2.36. The first-order valence-electron chi connectivity index (χ1n) is 5.93. The molecule has 0 bridgehead atoms. The van der Waals surface area contributed by atoms with Gasteiger partial charge in [0.2, 0.25) is 0 Å². The largest absolute Gasteiger partial charge is 0.495 e. The summed E-state index contributed by atoms with van der Waals surface area (Å²) < 4.78 is 10.8. The Labute approximate surface area is 103 Å². The third kappa shape index (κ3) is 2.76. The van der Waals surface area contributed by atoms with Crippen LogP contribution in [0.4, 0.5) is 0 Å². The predicted molar refractivity (Wildman–Crippen MR) is 68.0 cm³/mol. The van der Waals surface area contributed by atoms with Crippen LogP contribution in [0, 0.1) is 0 Å². The van der Waals surface area contributed by atoms with Gasteiger partial charge in [-0.15, -0.1) is 0 Å². The zero-order chi connectivity index (χ0) is 12.9. The molecule has 0 saturated carbocycles. The van der Waals surface area contributed by atoms with E-state index in [-0.39, 0.29) is 11.6 Å². The highest BCUT2D eigenvalue weighted by Gasteiger charge is 2.34. The summed E-state index contributed by atoms with van der Waals surface area (Å²) in [6, 6.07) is 1.71. The number of aromatic nitrogens is 1. The van der Waals surface area contributed by atoms with Crippen molar-refractivity contribution in [2.45, 2.75) is 38.3 Å². The molecule has 1 heterocycles. The fourth-order valence-electron chi connectivity index (χ4n) is 2.13. The predicted octanol–water partition coefficient (Wildman–Crippen LogP) is 2.30. The molecule has 0 radical (unpaired) electrons. The summed E-state index contributed by atoms with van der Waals surface area (Å²) >= 11 is 0. The zero-order valence-electron chi connectivity index (χ0n) is 11.1. The molecule has 0 aliphatic carbocycles. The van der Waals surface area contributed by atoms with Crippen LogP contribution in [0.15, 0.2) is 18.5 Å². The second kappa shape index (κ2) is 5.98. The zero-order valence-corrected chi connectivity index (χ0v) is 11.1. The Morgan fingerprint density at radius 3 is 2.41 bits per heavy atom. The molecule has 0 fully saturated rings. The molecule has 1 aromatic heterocycles. The van der Waals surface area contributed by atoms with E-state index in [2.05, 4.69) is 18.8 Å². The summed E-state index contributed by atoms with van der Waals surface area (Å²) in [5.41, 5.74) is 6.91. The molecule has 4 heteroatoms. The van der Waals surface area contributed by atoms with E-state index in [1.165, 1.54) is 0 Å². The van der Waals surface area contributed by atoms with E-state index in [1.54, 1.807) is 26.6 Å². The van der Waals surface area contributed by atoms with Crippen LogP contribution in [0.25, 0.3) is 0 Å². The first-order chi connectivity index (χ1) is 8.13. The first kappa shape index (κ1) is 13.9. The number of hydrogen-bond acceptors (Lipinski definition) is 4. The lowest BCUT2D eigenvalue weighted by Crippen LogP contribution is -2.42. The highest BCUT2D eigenvalue weighted by Crippen LogP contribution is 2.33. The first-order valence-corrected chi connectivity index (χ1v) is 5.93. The molecule has 96 valence electrons. The Bertz CT molecular complexity index is 343. The van der Waals surface area contributed by atoms with E-state index < -0.39 is 0 Å². The van der Waals surface area contributed by atoms with E-state index in [9.17, 15) is 0 Å². The monoisotopic (exact) mass is 238 g/mol. The molecule has 17 heavy (non-hydrogen) atoms. The number of methoxy groups -OCH3 is 2. The fourth-order valence-corrected chi connectivity index (χ4v) is 2.13. The molecule has 4 nitrogen and oxygen atoms in total. The third-order valence-electron chi connectivity index (χ3n) is 3.50. The van der Waals surface area contributed by atoms with Gasteiger partial charge in [0.15, 0.2) is 0 Å². The summed E-state index contributed by atoms with van der Waals surface area (Å²) in [5, 5.41) is 0. The number of hydrogen-bond donors (Lipinski definition) is 1. The molecule has 1 unspecified atom stereocenters. The normalized spacial score (nSPS) is 13.5. The number of nitrogens with zero attached hydrogens (tertiary/aromatic N) is 1. The molecule has 0 aliphatic rings. The minimum absolute atomic E-state index is 0.204. The van der Waals surface area contributed by atoms with Crippen LogP contribution in [0.3, 0.4) is 0 Å². The van der Waals surface area contributed by atoms with Crippen LogP contribution in [-0.4, -0.2) is 24.8 Å². The molecule has 0 spiro atoms. The average Bonchev–Trinajstić information content (AvgIpc) is 2.41. The molecule has 0 aliphatic heterocycles. The standard InChI is InChI=1S/C13H22N2O2/c1-5-13(6-2,17-4)12(14)10-7-11(16-3)9-15-8-10/h7-9,12H,5-6,14H2,1-4H3. The van der Waals surface area contributed by atoms with Gasteiger partial charge in [0.25, 0.3) is 0 Å². The highest BCUT2D eigenvalue weighted by molar-refractivity contribution is 5.27. The van der Waals surface area contributed by atoms with Crippen molar-refractivity contribution in [3.63, 3.8) is 0 Å². The number of nitrogens with two attached hydrogens (primary N) is 1. The van der Waals surface area contributed by atoms with Crippen molar-refractivity contribution in [2.75, 3.05) is 14.2 Å². The van der Waals surface area contributed by atoms with Crippen LogP contribution in [0.1, 0.15) is 38.3 Å². The van der Waals surface area contributed by atoms with Crippen molar-refractivity contribution in [3.8, 4) is 5.75 Å². The van der Waals surface area contributed by atoms with Gasteiger partial charge in [-0.2, -0.15) is 0 Å². The molecule has 0 amide bonds. The lowest BCUT2D eigenvalue weighted by molar-refractivity contribution is -0.0386. The second-order valence-electron chi connectivity index (χ2n) is 4.11. The van der Waals surface area contributed by atoms with Crippen molar-refractivity contribution in [3.05, 3.63) is 24.0 Å². The van der Waals surface area contributed by atoms with Gasteiger partial charge in [-0.3, -0.25) is 4.98 Å². The average molecular weight is 238 g/mol. The van der Waals surface area contributed by atoms with E-state index >= 15 is 0 Å². The van der Waals surface area contributed by atoms with Gasteiger partial charge in [0, 0.05) is 13.3 Å². The van der Waals surface area contributed by atoms with E-state index in [0.717, 1.165) is 24.2 Å². The molecule has 2 N–H and O–H groups in total. The van der Waals surface area contributed by atoms with Crippen LogP contribution in [-0.2, 0) is 4.74 Å². The Morgan fingerprint density at radius 1 is 1.29 bits per heavy atom. The van der Waals surface area contributed by atoms with Gasteiger partial charge >= 0.3 is 0 Å². The van der Waals surface area contributed by atoms with Crippen LogP contribution < -0.4 is 10.5 Å². The third-order valence-corrected chi connectivity index (χ3v) is 3.50. The SMILES string of the molecule is CCC(CC)(OC)C(N)c1cncc(OC)c1. The van der Waals surface area contributed by atoms with Gasteiger partial charge in [0.1, 0.15) is 5.75 Å². The van der Waals surface area contributed by atoms with Crippen molar-refractivity contribution in [1.82, 2.24) is 4.98 Å². The maximum Gasteiger partial charge on any atom is 0.137 e. The van der Waals surface area contributed by atoms with Gasteiger partial charge < -0.3 is 15.2 Å². The van der Waals surface area contributed by atoms with Crippen molar-refractivity contribution in [1.29, 1.82) is 0 Å². The Kier molecular flexibility index (Phi) is 4.90. The van der Waals surface area contributed by atoms with Gasteiger partial charge in [-0.25, -0.2) is 0 Å². The quantitative estimate of drug-likeness (QED) is 0.826. The Morgan fingerprint density at radius 2 is 1.94 bits per heavy atom. The minimum atomic E-state index is -0.339. The fraction of sp³-hybridized carbons (Fsp3) is 0.615. The smallest absolute Gasteiger partial charge is 0.137 e. The molecule has 0 saturated heterocycles. The van der Waals surface area contributed by atoms with Crippen LogP contribution in [0.5, 0.6) is 5.75 Å². The van der Waals surface area contributed by atoms with Crippen molar-refractivity contribution < 1.29 is 9.47 Å². The van der Waals surface area contributed by atoms with Gasteiger partial charge in [-0.1, -0.05) is 13.8 Å². The van der Waals surface area contributed by atoms with E-state index in [4.69, 9.17) is 15.2 Å². The maximum atomic E-state index is 6.31. The topological polar surface area (TPSA) is 57.4 Å². The minimum Gasteiger partial charge on any atom is -0.495 e. The number of pyridine rings is 1. The van der Waals surface area contributed by atoms with Gasteiger partial charge in [-0.05, 0) is 24.5 Å². The molecule has 1 aromatic rings. The Hall–Kier alpha value is -1.13. The van der Waals surface area contributed by atoms with Crippen LogP contribution >= 0.6 is 0 Å². The molecule has 1 rings (SSSR count). The number of ether oxygens (including phenoxy) is 2. The summed E-state index contributed by atoms with van der Waals surface area (Å²) in [5.74, 6) is 0.718. The maximum absolute atomic E-state index is 6.31. The summed E-state index contributed by atoms with van der Waals surface area (Å²) in [6.45, 7) is 4.17.